The summed E-state index contributed by atoms with van der Waals surface area (Å²) in [5, 5.41) is 154. The average Bonchev–Trinajstić information content (AvgIpc) is 3.43. The molecule has 2 aromatic carbocycles. The van der Waals surface area contributed by atoms with Crippen LogP contribution in [0.1, 0.15) is 55.3 Å². The average molecular weight is 1830 g/mol. The van der Waals surface area contributed by atoms with Crippen molar-refractivity contribution in [1.82, 2.24) is 31.9 Å². The van der Waals surface area contributed by atoms with Gasteiger partial charge in [0.25, 0.3) is 23.6 Å². The van der Waals surface area contributed by atoms with Crippen LogP contribution in [0, 0.1) is 26.8 Å². The van der Waals surface area contributed by atoms with Crippen LogP contribution in [-0.4, -0.2) is 260 Å². The molecule has 0 spiro atoms. The third-order valence-electron chi connectivity index (χ3n) is 12.1. The van der Waals surface area contributed by atoms with E-state index >= 15 is 0 Å². The molecule has 2 aromatic rings. The zero-order chi connectivity index (χ0) is 62.0. The lowest BCUT2D eigenvalue weighted by molar-refractivity contribution is -0.124. The lowest BCUT2D eigenvalue weighted by atomic mass is 9.89. The first kappa shape index (κ1) is 75.1. The highest BCUT2D eigenvalue weighted by Gasteiger charge is 2.38. The number of aliphatic hydroxyl groups is 14. The van der Waals surface area contributed by atoms with Gasteiger partial charge in [-0.2, -0.15) is 0 Å². The molecule has 0 radical (unpaired) electrons. The van der Waals surface area contributed by atoms with Gasteiger partial charge < -0.3 is 113 Å². The third-order valence-corrected chi connectivity index (χ3v) is 18.4. The van der Waals surface area contributed by atoms with Gasteiger partial charge in [0.15, 0.2) is 0 Å². The van der Waals surface area contributed by atoms with Crippen LogP contribution >= 0.6 is 136 Å². The lowest BCUT2D eigenvalue weighted by Crippen LogP contribution is -2.53. The Morgan fingerprint density at radius 2 is 0.617 bits per heavy atom. The fourth-order valence-electron chi connectivity index (χ4n) is 7.10. The van der Waals surface area contributed by atoms with E-state index in [1.54, 1.807) is 136 Å². The topological polar surface area (TPSA) is 498 Å². The van der Waals surface area contributed by atoms with Gasteiger partial charge in [-0.1, -0.05) is 0 Å². The first-order valence-corrected chi connectivity index (χ1v) is 30.0. The van der Waals surface area contributed by atoms with Crippen LogP contribution in [-0.2, 0) is 19.2 Å². The third kappa shape index (κ3) is 19.5. The standard InChI is InChI=1S/C45H62I6N8O22/c1-17(70)58(39-35(48)29(41(78)54-19(5-60)23(72)9-64)33(46)30(36(39)49)42(79)55-20(6-61)24(73)10-65)3-27(76)52-13-45(15-68,16-69)14-53-28(77)4-59(18(2)71)40-37(50)31(43(80)56-21(7-62)25(74)11-66)34(47)32(38(40)51)44(81)57-22(8-63)26(75)12-67/h19-26,60-69,72-75H,3-16H2,1-2H3,(H,52,76)(H,53,77)(H,54,78)(H,55,79)(H,56,80)(H,57,81). The van der Waals surface area contributed by atoms with Crippen LogP contribution in [0.5, 0.6) is 0 Å². The number of hydrogen-bond acceptors (Lipinski definition) is 22. The fourth-order valence-corrected chi connectivity index (χ4v) is 16.6. The fraction of sp³-hybridized carbons (Fsp3) is 0.556. The van der Waals surface area contributed by atoms with E-state index in [1.165, 1.54) is 0 Å². The van der Waals surface area contributed by atoms with Gasteiger partial charge in [-0.15, -0.1) is 0 Å². The Morgan fingerprint density at radius 1 is 0.395 bits per heavy atom. The van der Waals surface area contributed by atoms with Crippen LogP contribution in [0.25, 0.3) is 0 Å². The molecule has 456 valence electrons. The largest absolute Gasteiger partial charge is 0.396 e. The number of amides is 8. The van der Waals surface area contributed by atoms with Crippen LogP contribution in [0.2, 0.25) is 0 Å². The Morgan fingerprint density at radius 3 is 0.790 bits per heavy atom. The SMILES string of the molecule is CC(=O)N(CC(=O)NCC(CO)(CO)CNC(=O)CN(C(C)=O)c1c(I)c(C(=O)NC(CO)C(O)CO)c(I)c(C(=O)NC(CO)C(O)CO)c1I)c1c(I)c(C(=O)NC(CO)C(O)CO)c(I)c(C(=O)NC(CO)C(O)CO)c1I. The van der Waals surface area contributed by atoms with Gasteiger partial charge in [0.2, 0.25) is 23.6 Å². The van der Waals surface area contributed by atoms with E-state index in [0.29, 0.717) is 0 Å². The Hall–Kier alpha value is -1.98. The highest BCUT2D eigenvalue weighted by molar-refractivity contribution is 14.1. The summed E-state index contributed by atoms with van der Waals surface area (Å²) >= 11 is 9.88. The molecule has 0 heterocycles. The molecule has 0 fully saturated rings. The molecule has 0 aliphatic carbocycles. The minimum absolute atomic E-state index is 0.0693. The second kappa shape index (κ2) is 35.6. The van der Waals surface area contributed by atoms with Gasteiger partial charge >= 0.3 is 0 Å². The van der Waals surface area contributed by atoms with Crippen LogP contribution in [0.15, 0.2) is 0 Å². The number of anilines is 2. The van der Waals surface area contributed by atoms with Crippen molar-refractivity contribution in [2.45, 2.75) is 62.4 Å². The first-order chi connectivity index (χ1) is 38.0. The maximum Gasteiger partial charge on any atom is 0.253 e. The summed E-state index contributed by atoms with van der Waals surface area (Å²) in [5.41, 5.74) is -3.59. The van der Waals surface area contributed by atoms with Gasteiger partial charge in [-0.25, -0.2) is 0 Å². The summed E-state index contributed by atoms with van der Waals surface area (Å²) in [4.78, 5) is 112. The summed E-state index contributed by atoms with van der Waals surface area (Å²) in [6.45, 7) is -9.87. The minimum atomic E-state index is -1.80. The number of hydrogen-bond donors (Lipinski definition) is 20. The molecule has 8 atom stereocenters. The summed E-state index contributed by atoms with van der Waals surface area (Å²) in [7, 11) is 0. The van der Waals surface area contributed by atoms with E-state index in [9.17, 15) is 110 Å². The predicted molar refractivity (Wildman–Crippen MR) is 334 cm³/mol. The molecule has 2 rings (SSSR count). The van der Waals surface area contributed by atoms with Crippen molar-refractivity contribution in [2.75, 3.05) is 102 Å². The van der Waals surface area contributed by atoms with E-state index in [-0.39, 0.29) is 55.0 Å². The Kier molecular flexibility index (Phi) is 33.0. The zero-order valence-electron chi connectivity index (χ0n) is 42.7. The lowest BCUT2D eigenvalue weighted by Gasteiger charge is -2.32. The second-order valence-corrected chi connectivity index (χ2v) is 24.2. The number of aliphatic hydroxyl groups excluding tert-OH is 14. The highest BCUT2D eigenvalue weighted by atomic mass is 127. The summed E-state index contributed by atoms with van der Waals surface area (Å²) in [6, 6.07) is -5.81. The molecule has 0 bridgehead atoms. The minimum Gasteiger partial charge on any atom is -0.396 e. The molecule has 8 amide bonds. The van der Waals surface area contributed by atoms with E-state index in [1.807, 2.05) is 0 Å². The number of carbonyl (C=O) groups is 8. The van der Waals surface area contributed by atoms with Crippen LogP contribution in [0.4, 0.5) is 11.4 Å². The van der Waals surface area contributed by atoms with Crippen molar-refractivity contribution in [3.05, 3.63) is 43.7 Å². The van der Waals surface area contributed by atoms with Crippen molar-refractivity contribution >= 4 is 194 Å². The molecule has 30 nitrogen and oxygen atoms in total. The summed E-state index contributed by atoms with van der Waals surface area (Å²) in [5.74, 6) is -7.85. The van der Waals surface area contributed by atoms with Crippen molar-refractivity contribution in [3.63, 3.8) is 0 Å². The first-order valence-electron chi connectivity index (χ1n) is 23.6. The maximum absolute atomic E-state index is 13.9. The van der Waals surface area contributed by atoms with Gasteiger partial charge in [0.1, 0.15) is 13.1 Å². The monoisotopic (exact) mass is 1830 g/mol. The number of benzene rings is 2. The molecule has 20 N–H and O–H groups in total. The molecule has 0 aliphatic rings. The highest BCUT2D eigenvalue weighted by Crippen LogP contribution is 2.40. The van der Waals surface area contributed by atoms with Crippen molar-refractivity contribution in [1.29, 1.82) is 0 Å². The molecular formula is C45H62I6N8O22. The number of nitrogens with one attached hydrogen (secondary N) is 6. The van der Waals surface area contributed by atoms with Crippen molar-refractivity contribution < 1.29 is 110 Å². The van der Waals surface area contributed by atoms with E-state index in [0.717, 1.165) is 23.6 Å². The van der Waals surface area contributed by atoms with Crippen molar-refractivity contribution in [3.8, 4) is 0 Å². The summed E-state index contributed by atoms with van der Waals surface area (Å²) in [6.07, 6.45) is -6.67. The smallest absolute Gasteiger partial charge is 0.253 e. The van der Waals surface area contributed by atoms with Crippen LogP contribution < -0.4 is 41.7 Å². The molecule has 0 saturated heterocycles. The molecule has 0 aliphatic heterocycles. The zero-order valence-corrected chi connectivity index (χ0v) is 55.7. The van der Waals surface area contributed by atoms with Crippen molar-refractivity contribution in [2.24, 2.45) is 5.41 Å². The molecule has 36 heteroatoms. The Bertz CT molecular complexity index is 2300. The van der Waals surface area contributed by atoms with E-state index < -0.39 is 194 Å². The molecule has 0 saturated carbocycles. The number of carbonyl (C=O) groups excluding carboxylic acids is 8. The Balaban J connectivity index is 2.66. The van der Waals surface area contributed by atoms with Gasteiger partial charge in [0, 0.05) is 34.1 Å². The number of rotatable bonds is 32. The van der Waals surface area contributed by atoms with E-state index in [2.05, 4.69) is 31.9 Å². The molecule has 81 heavy (non-hydrogen) atoms. The summed E-state index contributed by atoms with van der Waals surface area (Å²) < 4.78 is -0.486. The van der Waals surface area contributed by atoms with Gasteiger partial charge in [-0.3, -0.25) is 38.4 Å². The van der Waals surface area contributed by atoms with Gasteiger partial charge in [-0.05, 0) is 136 Å². The van der Waals surface area contributed by atoms with E-state index in [4.69, 9.17) is 0 Å². The normalized spacial score (nSPS) is 14.5. The molecule has 8 unspecified atom stereocenters. The molecule has 0 aromatic heterocycles. The number of nitrogens with zero attached hydrogens (tertiary/aromatic N) is 2. The Labute approximate surface area is 543 Å². The van der Waals surface area contributed by atoms with Crippen LogP contribution in [0.3, 0.4) is 0 Å². The quantitative estimate of drug-likeness (QED) is 0.0303. The molecular weight excluding hydrogens is 1770 g/mol. The second-order valence-electron chi connectivity index (χ2n) is 17.7. The predicted octanol–water partition coefficient (Wildman–Crippen LogP) is -6.30. The maximum atomic E-state index is 13.9. The van der Waals surface area contributed by atoms with Gasteiger partial charge in [0.05, 0.1) is 168 Å². The number of halogens is 6.